The Labute approximate surface area is 199 Å². The van der Waals surface area contributed by atoms with Gasteiger partial charge in [-0.05, 0) is 92.2 Å². The molecule has 0 saturated heterocycles. The number of thioether (sulfide) groups is 1. The van der Waals surface area contributed by atoms with Gasteiger partial charge in [0.2, 0.25) is 0 Å². The number of nitrogens with one attached hydrogen (secondary N) is 2. The first-order valence-electron chi connectivity index (χ1n) is 10.4. The molecule has 3 aromatic carbocycles. The van der Waals surface area contributed by atoms with Crippen LogP contribution in [-0.4, -0.2) is 27.2 Å². The zero-order chi connectivity index (χ0) is 24.0. The maximum absolute atomic E-state index is 12.7. The van der Waals surface area contributed by atoms with Crippen LogP contribution in [0.1, 0.15) is 29.7 Å². The number of ether oxygens (including phenoxy) is 1. The zero-order valence-electron chi connectivity index (χ0n) is 19.1. The number of benzene rings is 3. The van der Waals surface area contributed by atoms with Gasteiger partial charge in [-0.3, -0.25) is 9.52 Å². The van der Waals surface area contributed by atoms with Crippen LogP contribution in [-0.2, 0) is 14.8 Å². The molecular formula is C25H28N2O4S2. The minimum Gasteiger partial charge on any atom is -0.484 e. The topological polar surface area (TPSA) is 84.5 Å². The number of sulfonamides is 1. The number of amides is 1. The van der Waals surface area contributed by atoms with Crippen molar-refractivity contribution in [3.63, 3.8) is 0 Å². The van der Waals surface area contributed by atoms with Gasteiger partial charge >= 0.3 is 0 Å². The third kappa shape index (κ3) is 6.76. The van der Waals surface area contributed by atoms with Crippen molar-refractivity contribution in [2.45, 2.75) is 36.6 Å². The molecule has 0 fully saturated rings. The molecule has 0 aliphatic rings. The van der Waals surface area contributed by atoms with Crippen molar-refractivity contribution in [1.82, 2.24) is 5.32 Å². The van der Waals surface area contributed by atoms with Crippen molar-refractivity contribution in [3.8, 4) is 5.75 Å². The van der Waals surface area contributed by atoms with Crippen LogP contribution < -0.4 is 14.8 Å². The first-order valence-corrected chi connectivity index (χ1v) is 13.1. The Morgan fingerprint density at radius 3 is 2.24 bits per heavy atom. The number of carbonyl (C=O) groups is 1. The van der Waals surface area contributed by atoms with E-state index in [1.54, 1.807) is 23.9 Å². The Hall–Kier alpha value is -2.97. The highest BCUT2D eigenvalue weighted by Gasteiger charge is 2.15. The molecule has 8 heteroatoms. The lowest BCUT2D eigenvalue weighted by Gasteiger charge is -2.15. The van der Waals surface area contributed by atoms with Crippen molar-refractivity contribution in [3.05, 3.63) is 83.4 Å². The van der Waals surface area contributed by atoms with E-state index in [-0.39, 0.29) is 23.5 Å². The standard InChI is InChI=1S/C25H28N2O4S2/c1-17-5-8-21(15-18(17)2)27-33(29,30)24-13-9-22(10-14-24)31-16-25(28)26-19(3)20-6-11-23(32-4)12-7-20/h5-15,19,27H,16H2,1-4H3,(H,26,28). The van der Waals surface area contributed by atoms with Gasteiger partial charge in [-0.25, -0.2) is 8.42 Å². The normalized spacial score (nSPS) is 12.1. The van der Waals surface area contributed by atoms with Crippen LogP contribution in [0.25, 0.3) is 0 Å². The highest BCUT2D eigenvalue weighted by molar-refractivity contribution is 7.98. The molecule has 174 valence electrons. The average molecular weight is 485 g/mol. The molecule has 0 radical (unpaired) electrons. The summed E-state index contributed by atoms with van der Waals surface area (Å²) in [6, 6.07) is 19.2. The Bertz CT molecular complexity index is 1210. The molecule has 6 nitrogen and oxygen atoms in total. The van der Waals surface area contributed by atoms with Gasteiger partial charge in [0.05, 0.1) is 10.9 Å². The fourth-order valence-corrected chi connectivity index (χ4v) is 4.60. The molecule has 1 atom stereocenters. The number of aryl methyl sites for hydroxylation is 2. The van der Waals surface area contributed by atoms with E-state index < -0.39 is 10.0 Å². The summed E-state index contributed by atoms with van der Waals surface area (Å²) in [5.41, 5.74) is 3.61. The van der Waals surface area contributed by atoms with E-state index in [2.05, 4.69) is 10.0 Å². The molecule has 1 unspecified atom stereocenters. The summed E-state index contributed by atoms with van der Waals surface area (Å²) < 4.78 is 33.4. The van der Waals surface area contributed by atoms with E-state index in [0.29, 0.717) is 11.4 Å². The lowest BCUT2D eigenvalue weighted by atomic mass is 10.1. The predicted octanol–water partition coefficient (Wildman–Crippen LogP) is 5.08. The van der Waals surface area contributed by atoms with Crippen LogP contribution >= 0.6 is 11.8 Å². The van der Waals surface area contributed by atoms with E-state index in [9.17, 15) is 13.2 Å². The second-order valence-corrected chi connectivity index (χ2v) is 10.3. The Morgan fingerprint density at radius 2 is 1.64 bits per heavy atom. The molecule has 3 rings (SSSR count). The van der Waals surface area contributed by atoms with Crippen molar-refractivity contribution < 1.29 is 17.9 Å². The third-order valence-electron chi connectivity index (χ3n) is 5.26. The fraction of sp³-hybridized carbons (Fsp3) is 0.240. The SMILES string of the molecule is CSc1ccc(C(C)NC(=O)COc2ccc(S(=O)(=O)Nc3ccc(C)c(C)c3)cc2)cc1. The van der Waals surface area contributed by atoms with Crippen molar-refractivity contribution in [2.24, 2.45) is 0 Å². The largest absolute Gasteiger partial charge is 0.484 e. The summed E-state index contributed by atoms with van der Waals surface area (Å²) in [5.74, 6) is 0.150. The van der Waals surface area contributed by atoms with Crippen LogP contribution in [0.2, 0.25) is 0 Å². The maximum atomic E-state index is 12.7. The van der Waals surface area contributed by atoms with Gasteiger partial charge in [-0.2, -0.15) is 0 Å². The van der Waals surface area contributed by atoms with E-state index >= 15 is 0 Å². The Kier molecular flexibility index (Phi) is 8.05. The molecule has 0 spiro atoms. The maximum Gasteiger partial charge on any atom is 0.261 e. The van der Waals surface area contributed by atoms with Gasteiger partial charge in [0.15, 0.2) is 6.61 Å². The zero-order valence-corrected chi connectivity index (χ0v) is 20.7. The molecule has 3 aromatic rings. The minimum atomic E-state index is -3.73. The van der Waals surface area contributed by atoms with Crippen molar-refractivity contribution >= 4 is 33.4 Å². The number of hydrogen-bond acceptors (Lipinski definition) is 5. The Balaban J connectivity index is 1.55. The molecule has 0 aliphatic heterocycles. The van der Waals surface area contributed by atoms with E-state index in [4.69, 9.17) is 4.74 Å². The van der Waals surface area contributed by atoms with Crippen molar-refractivity contribution in [1.29, 1.82) is 0 Å². The van der Waals surface area contributed by atoms with Crippen LogP contribution in [0.4, 0.5) is 5.69 Å². The molecule has 0 saturated carbocycles. The van der Waals surface area contributed by atoms with Gasteiger partial charge in [0.25, 0.3) is 15.9 Å². The van der Waals surface area contributed by atoms with Crippen LogP contribution in [0, 0.1) is 13.8 Å². The molecule has 2 N–H and O–H groups in total. The lowest BCUT2D eigenvalue weighted by Crippen LogP contribution is -2.31. The number of anilines is 1. The van der Waals surface area contributed by atoms with Gasteiger partial charge in [0.1, 0.15) is 5.75 Å². The smallest absolute Gasteiger partial charge is 0.261 e. The third-order valence-corrected chi connectivity index (χ3v) is 7.40. The molecular weight excluding hydrogens is 456 g/mol. The van der Waals surface area contributed by atoms with E-state index in [1.807, 2.05) is 57.4 Å². The lowest BCUT2D eigenvalue weighted by molar-refractivity contribution is -0.123. The van der Waals surface area contributed by atoms with E-state index in [1.165, 1.54) is 24.3 Å². The summed E-state index contributed by atoms with van der Waals surface area (Å²) >= 11 is 1.66. The number of hydrogen-bond donors (Lipinski definition) is 2. The summed E-state index contributed by atoms with van der Waals surface area (Å²) in [6.07, 6.45) is 2.01. The first-order chi connectivity index (χ1) is 15.7. The second kappa shape index (κ2) is 10.8. The first kappa shape index (κ1) is 24.7. The molecule has 0 aliphatic carbocycles. The quantitative estimate of drug-likeness (QED) is 0.414. The monoisotopic (exact) mass is 484 g/mol. The average Bonchev–Trinajstić information content (AvgIpc) is 2.80. The summed E-state index contributed by atoms with van der Waals surface area (Å²) in [7, 11) is -3.73. The fourth-order valence-electron chi connectivity index (χ4n) is 3.14. The van der Waals surface area contributed by atoms with Crippen molar-refractivity contribution in [2.75, 3.05) is 17.6 Å². The van der Waals surface area contributed by atoms with Crippen LogP contribution in [0.15, 0.2) is 76.5 Å². The molecule has 0 heterocycles. The van der Waals surface area contributed by atoms with Crippen LogP contribution in [0.3, 0.4) is 0 Å². The van der Waals surface area contributed by atoms with Crippen LogP contribution in [0.5, 0.6) is 5.75 Å². The Morgan fingerprint density at radius 1 is 0.970 bits per heavy atom. The summed E-state index contributed by atoms with van der Waals surface area (Å²) in [6.45, 7) is 5.64. The second-order valence-electron chi connectivity index (χ2n) is 7.73. The van der Waals surface area contributed by atoms with E-state index in [0.717, 1.165) is 21.6 Å². The highest BCUT2D eigenvalue weighted by atomic mass is 32.2. The molecule has 1 amide bonds. The van der Waals surface area contributed by atoms with Gasteiger partial charge in [0, 0.05) is 10.6 Å². The number of carbonyl (C=O) groups excluding carboxylic acids is 1. The highest BCUT2D eigenvalue weighted by Crippen LogP contribution is 2.22. The van der Waals surface area contributed by atoms with Gasteiger partial charge < -0.3 is 10.1 Å². The molecule has 0 bridgehead atoms. The molecule has 0 aromatic heterocycles. The minimum absolute atomic E-state index is 0.111. The molecule has 33 heavy (non-hydrogen) atoms. The predicted molar refractivity (Wildman–Crippen MR) is 133 cm³/mol. The summed E-state index contributed by atoms with van der Waals surface area (Å²) in [5, 5.41) is 2.90. The summed E-state index contributed by atoms with van der Waals surface area (Å²) in [4.78, 5) is 13.5. The van der Waals surface area contributed by atoms with Gasteiger partial charge in [-0.15, -0.1) is 11.8 Å². The number of rotatable bonds is 9. The van der Waals surface area contributed by atoms with Gasteiger partial charge in [-0.1, -0.05) is 18.2 Å².